The van der Waals surface area contributed by atoms with Gasteiger partial charge >= 0.3 is 4.87 Å². The molecule has 0 saturated heterocycles. The van der Waals surface area contributed by atoms with Crippen molar-refractivity contribution in [2.24, 2.45) is 0 Å². The summed E-state index contributed by atoms with van der Waals surface area (Å²) in [6.45, 7) is 0.00776. The van der Waals surface area contributed by atoms with E-state index >= 15 is 0 Å². The molecule has 1 aromatic heterocycles. The first kappa shape index (κ1) is 7.52. The first-order chi connectivity index (χ1) is 5.79. The summed E-state index contributed by atoms with van der Waals surface area (Å²) < 4.78 is 0.928. The molecule has 2 rings (SSSR count). The number of benzene rings is 1. The topological polar surface area (TPSA) is 53.1 Å². The minimum atomic E-state index is -0.0555. The van der Waals surface area contributed by atoms with Crippen molar-refractivity contribution >= 4 is 21.6 Å². The van der Waals surface area contributed by atoms with Gasteiger partial charge in [0.05, 0.1) is 16.8 Å². The van der Waals surface area contributed by atoms with Crippen LogP contribution in [-0.4, -0.2) is 10.1 Å². The Balaban J connectivity index is 2.74. The van der Waals surface area contributed by atoms with Crippen LogP contribution >= 0.6 is 11.3 Å². The summed E-state index contributed by atoms with van der Waals surface area (Å²) in [5.41, 5.74) is 1.62. The summed E-state index contributed by atoms with van der Waals surface area (Å²) in [5.74, 6) is 0. The molecule has 4 heteroatoms. The normalized spacial score (nSPS) is 10.8. The third-order valence-electron chi connectivity index (χ3n) is 1.67. The molecule has 0 saturated carbocycles. The Bertz CT molecular complexity index is 457. The molecule has 0 bridgehead atoms. The largest absolute Gasteiger partial charge is 0.392 e. The molecule has 0 atom stereocenters. The van der Waals surface area contributed by atoms with Gasteiger partial charge in [0.1, 0.15) is 0 Å². The van der Waals surface area contributed by atoms with Gasteiger partial charge in [-0.3, -0.25) is 4.79 Å². The summed E-state index contributed by atoms with van der Waals surface area (Å²) in [6, 6.07) is 5.43. The zero-order valence-electron chi connectivity index (χ0n) is 6.20. The van der Waals surface area contributed by atoms with Gasteiger partial charge < -0.3 is 10.1 Å². The van der Waals surface area contributed by atoms with Gasteiger partial charge in [-0.05, 0) is 17.7 Å². The Kier molecular flexibility index (Phi) is 1.71. The molecule has 0 aliphatic heterocycles. The van der Waals surface area contributed by atoms with Gasteiger partial charge in [0, 0.05) is 0 Å². The Morgan fingerprint density at radius 1 is 1.50 bits per heavy atom. The van der Waals surface area contributed by atoms with E-state index in [1.807, 2.05) is 12.1 Å². The molecule has 0 amide bonds. The van der Waals surface area contributed by atoms with Gasteiger partial charge in [0.2, 0.25) is 0 Å². The SMILES string of the molecule is O=c1[nH]c2cc(CO)ccc2s1. The van der Waals surface area contributed by atoms with Gasteiger partial charge in [0.15, 0.2) is 0 Å². The number of aromatic amines is 1. The van der Waals surface area contributed by atoms with Crippen molar-refractivity contribution in [3.05, 3.63) is 33.4 Å². The lowest BCUT2D eigenvalue weighted by molar-refractivity contribution is 0.282. The monoisotopic (exact) mass is 181 g/mol. The van der Waals surface area contributed by atoms with Gasteiger partial charge in [-0.2, -0.15) is 0 Å². The van der Waals surface area contributed by atoms with E-state index in [0.717, 1.165) is 15.8 Å². The van der Waals surface area contributed by atoms with E-state index in [1.54, 1.807) is 6.07 Å². The number of H-pyrrole nitrogens is 1. The van der Waals surface area contributed by atoms with E-state index in [0.29, 0.717) is 0 Å². The molecule has 3 nitrogen and oxygen atoms in total. The Hall–Kier alpha value is -1.13. The molecule has 0 fully saturated rings. The van der Waals surface area contributed by atoms with E-state index in [9.17, 15) is 4.79 Å². The second-order valence-corrected chi connectivity index (χ2v) is 3.52. The van der Waals surface area contributed by atoms with E-state index in [2.05, 4.69) is 4.98 Å². The maximum absolute atomic E-state index is 10.9. The van der Waals surface area contributed by atoms with Gasteiger partial charge in [-0.1, -0.05) is 17.4 Å². The van der Waals surface area contributed by atoms with Crippen molar-refractivity contribution in [3.8, 4) is 0 Å². The number of hydrogen-bond acceptors (Lipinski definition) is 3. The first-order valence-corrected chi connectivity index (χ1v) is 4.34. The fraction of sp³-hybridized carbons (Fsp3) is 0.125. The third-order valence-corrected chi connectivity index (χ3v) is 2.53. The molecule has 0 unspecified atom stereocenters. The van der Waals surface area contributed by atoms with Crippen LogP contribution < -0.4 is 4.87 Å². The van der Waals surface area contributed by atoms with Gasteiger partial charge in [0.25, 0.3) is 0 Å². The van der Waals surface area contributed by atoms with Crippen LogP contribution in [0.15, 0.2) is 23.0 Å². The summed E-state index contributed by atoms with van der Waals surface area (Å²) in [5, 5.41) is 8.82. The molecule has 2 N–H and O–H groups in total. The van der Waals surface area contributed by atoms with Crippen molar-refractivity contribution in [1.29, 1.82) is 0 Å². The fourth-order valence-electron chi connectivity index (χ4n) is 1.10. The lowest BCUT2D eigenvalue weighted by atomic mass is 10.2. The Morgan fingerprint density at radius 3 is 3.08 bits per heavy atom. The van der Waals surface area contributed by atoms with Gasteiger partial charge in [-0.25, -0.2) is 0 Å². The number of nitrogens with one attached hydrogen (secondary N) is 1. The summed E-state index contributed by atoms with van der Waals surface area (Å²) in [7, 11) is 0. The van der Waals surface area contributed by atoms with Crippen LogP contribution in [0.5, 0.6) is 0 Å². The summed E-state index contributed by atoms with van der Waals surface area (Å²) >= 11 is 1.18. The van der Waals surface area contributed by atoms with E-state index in [1.165, 1.54) is 11.3 Å². The number of aliphatic hydroxyl groups excluding tert-OH is 1. The molecule has 1 heterocycles. The van der Waals surface area contributed by atoms with Crippen molar-refractivity contribution in [3.63, 3.8) is 0 Å². The van der Waals surface area contributed by atoms with Crippen molar-refractivity contribution in [2.45, 2.75) is 6.61 Å². The minimum Gasteiger partial charge on any atom is -0.392 e. The fourth-order valence-corrected chi connectivity index (χ4v) is 1.81. The highest BCUT2D eigenvalue weighted by Crippen LogP contribution is 2.15. The van der Waals surface area contributed by atoms with E-state index in [-0.39, 0.29) is 11.5 Å². The Labute approximate surface area is 72.3 Å². The maximum atomic E-state index is 10.9. The smallest absolute Gasteiger partial charge is 0.305 e. The Morgan fingerprint density at radius 2 is 2.33 bits per heavy atom. The maximum Gasteiger partial charge on any atom is 0.305 e. The lowest BCUT2D eigenvalue weighted by Gasteiger charge is -1.93. The zero-order valence-corrected chi connectivity index (χ0v) is 7.02. The van der Waals surface area contributed by atoms with Crippen LogP contribution in [0.1, 0.15) is 5.56 Å². The van der Waals surface area contributed by atoms with Crippen LogP contribution in [-0.2, 0) is 6.61 Å². The molecule has 0 aliphatic rings. The average Bonchev–Trinajstić information content (AvgIpc) is 2.43. The molecule has 0 aliphatic carbocycles. The summed E-state index contributed by atoms with van der Waals surface area (Å²) in [4.78, 5) is 13.5. The quantitative estimate of drug-likeness (QED) is 0.691. The number of aliphatic hydroxyl groups is 1. The average molecular weight is 181 g/mol. The third kappa shape index (κ3) is 1.15. The number of fused-ring (bicyclic) bond motifs is 1. The highest BCUT2D eigenvalue weighted by molar-refractivity contribution is 7.16. The number of rotatable bonds is 1. The van der Waals surface area contributed by atoms with Crippen LogP contribution in [0, 0.1) is 0 Å². The minimum absolute atomic E-state index is 0.00776. The molecule has 12 heavy (non-hydrogen) atoms. The molecule has 0 spiro atoms. The predicted octanol–water partition coefficient (Wildman–Crippen LogP) is 1.08. The second kappa shape index (κ2) is 2.73. The molecular weight excluding hydrogens is 174 g/mol. The molecular formula is C8H7NO2S. The highest BCUT2D eigenvalue weighted by atomic mass is 32.1. The molecule has 1 aromatic carbocycles. The number of hydrogen-bond donors (Lipinski definition) is 2. The highest BCUT2D eigenvalue weighted by Gasteiger charge is 1.98. The zero-order chi connectivity index (χ0) is 8.55. The van der Waals surface area contributed by atoms with Gasteiger partial charge in [-0.15, -0.1) is 0 Å². The van der Waals surface area contributed by atoms with Crippen molar-refractivity contribution in [2.75, 3.05) is 0 Å². The first-order valence-electron chi connectivity index (χ1n) is 3.52. The van der Waals surface area contributed by atoms with Crippen LogP contribution in [0.3, 0.4) is 0 Å². The predicted molar refractivity (Wildman–Crippen MR) is 48.4 cm³/mol. The summed E-state index contributed by atoms with van der Waals surface area (Å²) in [6.07, 6.45) is 0. The van der Waals surface area contributed by atoms with Crippen LogP contribution in [0.2, 0.25) is 0 Å². The van der Waals surface area contributed by atoms with E-state index < -0.39 is 0 Å². The lowest BCUT2D eigenvalue weighted by Crippen LogP contribution is -1.90. The number of thiazole rings is 1. The van der Waals surface area contributed by atoms with Crippen LogP contribution in [0.25, 0.3) is 10.2 Å². The van der Waals surface area contributed by atoms with E-state index in [4.69, 9.17) is 5.11 Å². The molecule has 62 valence electrons. The van der Waals surface area contributed by atoms with Crippen molar-refractivity contribution in [1.82, 2.24) is 4.98 Å². The van der Waals surface area contributed by atoms with Crippen LogP contribution in [0.4, 0.5) is 0 Å². The molecule has 2 aromatic rings. The van der Waals surface area contributed by atoms with Crippen molar-refractivity contribution < 1.29 is 5.11 Å². The second-order valence-electron chi connectivity index (χ2n) is 2.50. The standard InChI is InChI=1S/C8H7NO2S/c10-4-5-1-2-7-6(3-5)9-8(11)12-7/h1-3,10H,4H2,(H,9,11). The number of aromatic nitrogens is 1. The molecule has 0 radical (unpaired) electrons.